The molecule has 0 unspecified atom stereocenters. The van der Waals surface area contributed by atoms with Gasteiger partial charge in [-0.25, -0.2) is 8.78 Å². The normalized spacial score (nSPS) is 10.4. The predicted octanol–water partition coefficient (Wildman–Crippen LogP) is 1.94. The number of benzene rings is 1. The van der Waals surface area contributed by atoms with Gasteiger partial charge in [-0.2, -0.15) is 9.97 Å². The van der Waals surface area contributed by atoms with E-state index in [4.69, 9.17) is 15.2 Å². The molecule has 0 atom stereocenters. The molecule has 1 aromatic carbocycles. The Morgan fingerprint density at radius 2 is 1.70 bits per heavy atom. The van der Waals surface area contributed by atoms with Crippen molar-refractivity contribution >= 4 is 5.69 Å². The van der Waals surface area contributed by atoms with Crippen LogP contribution in [0, 0.1) is 11.6 Å². The van der Waals surface area contributed by atoms with Crippen LogP contribution in [0.3, 0.4) is 0 Å². The first-order valence-corrected chi connectivity index (χ1v) is 5.73. The molecule has 0 aliphatic heterocycles. The smallest absolute Gasteiger partial charge is 0.220 e. The maximum absolute atomic E-state index is 13.4. The molecule has 7 heteroatoms. The molecule has 1 aromatic heterocycles. The van der Waals surface area contributed by atoms with Crippen LogP contribution in [0.15, 0.2) is 18.2 Å². The maximum atomic E-state index is 13.4. The van der Waals surface area contributed by atoms with Crippen LogP contribution in [0.4, 0.5) is 14.5 Å². The number of aromatic nitrogens is 2. The third-order valence-electron chi connectivity index (χ3n) is 2.72. The second-order valence-electron chi connectivity index (χ2n) is 3.98. The van der Waals surface area contributed by atoms with Crippen molar-refractivity contribution in [3.63, 3.8) is 0 Å². The molecule has 0 aliphatic rings. The molecule has 0 saturated carbocycles. The van der Waals surface area contributed by atoms with Crippen LogP contribution in [0.1, 0.15) is 11.4 Å². The molecule has 5 nitrogen and oxygen atoms in total. The molecule has 0 saturated heterocycles. The third-order valence-corrected chi connectivity index (χ3v) is 2.72. The lowest BCUT2D eigenvalue weighted by Gasteiger charge is -2.09. The fourth-order valence-electron chi connectivity index (χ4n) is 1.67. The number of nitrogen functional groups attached to an aromatic ring is 1. The van der Waals surface area contributed by atoms with Gasteiger partial charge in [0.1, 0.15) is 5.82 Å². The first-order valence-electron chi connectivity index (χ1n) is 5.73. The van der Waals surface area contributed by atoms with Gasteiger partial charge in [0.2, 0.25) is 11.8 Å². The largest absolute Gasteiger partial charge is 0.481 e. The van der Waals surface area contributed by atoms with Crippen molar-refractivity contribution in [2.75, 3.05) is 20.0 Å². The van der Waals surface area contributed by atoms with Gasteiger partial charge in [0, 0.05) is 6.42 Å². The summed E-state index contributed by atoms with van der Waals surface area (Å²) in [5.41, 5.74) is 5.67. The fraction of sp³-hybridized carbons (Fsp3) is 0.231. The quantitative estimate of drug-likeness (QED) is 0.867. The Labute approximate surface area is 114 Å². The second-order valence-corrected chi connectivity index (χ2v) is 3.98. The van der Waals surface area contributed by atoms with E-state index in [9.17, 15) is 8.78 Å². The summed E-state index contributed by atoms with van der Waals surface area (Å²) < 4.78 is 36.4. The summed E-state index contributed by atoms with van der Waals surface area (Å²) in [7, 11) is 2.91. The van der Waals surface area contributed by atoms with E-state index in [2.05, 4.69) is 9.97 Å². The lowest BCUT2D eigenvalue weighted by molar-refractivity contribution is 0.368. The highest BCUT2D eigenvalue weighted by atomic mass is 19.2. The Balaban J connectivity index is 2.37. The van der Waals surface area contributed by atoms with E-state index in [1.54, 1.807) is 0 Å². The molecule has 0 aliphatic carbocycles. The molecule has 2 aromatic rings. The number of hydrogen-bond acceptors (Lipinski definition) is 5. The molecular weight excluding hydrogens is 268 g/mol. The van der Waals surface area contributed by atoms with Crippen LogP contribution in [0.25, 0.3) is 0 Å². The van der Waals surface area contributed by atoms with Crippen molar-refractivity contribution in [3.05, 3.63) is 41.2 Å². The van der Waals surface area contributed by atoms with Crippen molar-refractivity contribution < 1.29 is 18.3 Å². The minimum Gasteiger partial charge on any atom is -0.481 e. The number of ether oxygens (including phenoxy) is 2. The highest BCUT2D eigenvalue weighted by Crippen LogP contribution is 2.23. The summed E-state index contributed by atoms with van der Waals surface area (Å²) in [4.78, 5) is 8.21. The number of anilines is 1. The van der Waals surface area contributed by atoms with Crippen molar-refractivity contribution in [1.82, 2.24) is 9.97 Å². The Kier molecular flexibility index (Phi) is 3.97. The van der Waals surface area contributed by atoms with Gasteiger partial charge in [0.15, 0.2) is 11.6 Å². The van der Waals surface area contributed by atoms with E-state index in [1.807, 2.05) is 0 Å². The average Bonchev–Trinajstić information content (AvgIpc) is 2.47. The topological polar surface area (TPSA) is 70.3 Å². The number of rotatable bonds is 4. The molecule has 0 bridgehead atoms. The minimum absolute atomic E-state index is 0.136. The van der Waals surface area contributed by atoms with E-state index in [0.29, 0.717) is 23.1 Å². The maximum Gasteiger partial charge on any atom is 0.220 e. The molecular formula is C13H13F2N3O2. The number of halogens is 2. The average molecular weight is 281 g/mol. The van der Waals surface area contributed by atoms with Gasteiger partial charge in [0.25, 0.3) is 0 Å². The van der Waals surface area contributed by atoms with E-state index in [0.717, 1.165) is 6.07 Å². The first kappa shape index (κ1) is 14.0. The van der Waals surface area contributed by atoms with Crippen LogP contribution >= 0.6 is 0 Å². The molecule has 0 radical (unpaired) electrons. The Morgan fingerprint density at radius 1 is 1.10 bits per heavy atom. The zero-order chi connectivity index (χ0) is 14.7. The number of nitrogens with two attached hydrogens (primary N) is 1. The fourth-order valence-corrected chi connectivity index (χ4v) is 1.67. The highest BCUT2D eigenvalue weighted by molar-refractivity contribution is 5.49. The van der Waals surface area contributed by atoms with Crippen molar-refractivity contribution in [2.24, 2.45) is 0 Å². The number of hydrogen-bond donors (Lipinski definition) is 1. The van der Waals surface area contributed by atoms with Gasteiger partial charge < -0.3 is 15.2 Å². The summed E-state index contributed by atoms with van der Waals surface area (Å²) in [6, 6.07) is 3.92. The Bertz CT molecular complexity index is 613. The zero-order valence-corrected chi connectivity index (χ0v) is 11.0. The van der Waals surface area contributed by atoms with Crippen LogP contribution in [0.2, 0.25) is 0 Å². The van der Waals surface area contributed by atoms with Crippen LogP contribution < -0.4 is 15.2 Å². The molecule has 0 spiro atoms. The van der Waals surface area contributed by atoms with Crippen LogP contribution in [-0.4, -0.2) is 24.2 Å². The number of methoxy groups -OCH3 is 2. The molecule has 2 rings (SSSR count). The summed E-state index contributed by atoms with van der Waals surface area (Å²) >= 11 is 0. The van der Waals surface area contributed by atoms with Crippen molar-refractivity contribution in [3.8, 4) is 11.8 Å². The lowest BCUT2D eigenvalue weighted by Crippen LogP contribution is -2.05. The van der Waals surface area contributed by atoms with Crippen molar-refractivity contribution in [2.45, 2.75) is 6.42 Å². The van der Waals surface area contributed by atoms with Crippen LogP contribution in [0.5, 0.6) is 11.8 Å². The summed E-state index contributed by atoms with van der Waals surface area (Å²) in [5.74, 6) is -1.10. The predicted molar refractivity (Wildman–Crippen MR) is 68.7 cm³/mol. The Morgan fingerprint density at radius 3 is 2.25 bits per heavy atom. The summed E-state index contributed by atoms with van der Waals surface area (Å²) in [6.07, 6.45) is 0.136. The highest BCUT2D eigenvalue weighted by Gasteiger charge is 2.13. The summed E-state index contributed by atoms with van der Waals surface area (Å²) in [6.45, 7) is 0. The third kappa shape index (κ3) is 2.76. The van der Waals surface area contributed by atoms with Gasteiger partial charge in [-0.05, 0) is 11.6 Å². The van der Waals surface area contributed by atoms with E-state index in [1.165, 1.54) is 26.4 Å². The second kappa shape index (κ2) is 5.68. The standard InChI is InChI=1S/C13H13F2N3O2/c1-19-10-6-11(20-2)18-9(17-10)5-7-3-4-8(14)12(15)13(7)16/h3-4,6H,5,16H2,1-2H3. The first-order chi connectivity index (χ1) is 9.55. The van der Waals surface area contributed by atoms with Gasteiger partial charge in [-0.1, -0.05) is 6.07 Å². The SMILES string of the molecule is COc1cc(OC)nc(Cc2ccc(F)c(F)c2N)n1. The van der Waals surface area contributed by atoms with Gasteiger partial charge >= 0.3 is 0 Å². The zero-order valence-electron chi connectivity index (χ0n) is 11.0. The number of nitrogens with zero attached hydrogens (tertiary/aromatic N) is 2. The minimum atomic E-state index is -1.07. The molecule has 2 N–H and O–H groups in total. The molecule has 0 amide bonds. The lowest BCUT2D eigenvalue weighted by atomic mass is 10.1. The van der Waals surface area contributed by atoms with E-state index < -0.39 is 11.6 Å². The van der Waals surface area contributed by atoms with Crippen LogP contribution in [-0.2, 0) is 6.42 Å². The Hall–Kier alpha value is -2.44. The van der Waals surface area contributed by atoms with E-state index >= 15 is 0 Å². The molecule has 1 heterocycles. The van der Waals surface area contributed by atoms with Gasteiger partial charge in [-0.3, -0.25) is 0 Å². The monoisotopic (exact) mass is 281 g/mol. The van der Waals surface area contributed by atoms with Gasteiger partial charge in [0.05, 0.1) is 26.0 Å². The van der Waals surface area contributed by atoms with Gasteiger partial charge in [-0.15, -0.1) is 0 Å². The summed E-state index contributed by atoms with van der Waals surface area (Å²) in [5, 5.41) is 0. The van der Waals surface area contributed by atoms with E-state index in [-0.39, 0.29) is 12.1 Å². The molecule has 106 valence electrons. The van der Waals surface area contributed by atoms with Crippen molar-refractivity contribution in [1.29, 1.82) is 0 Å². The molecule has 0 fully saturated rings. The molecule has 20 heavy (non-hydrogen) atoms.